The number of halogens is 1. The summed E-state index contributed by atoms with van der Waals surface area (Å²) in [5.41, 5.74) is 5.23. The second-order valence-corrected chi connectivity index (χ2v) is 2.15. The van der Waals surface area contributed by atoms with Crippen LogP contribution in [0.15, 0.2) is 0 Å². The summed E-state index contributed by atoms with van der Waals surface area (Å²) in [6.07, 6.45) is 1.02. The molecule has 1 fully saturated rings. The summed E-state index contributed by atoms with van der Waals surface area (Å²) in [5, 5.41) is 0. The molecule has 0 heterocycles. The Bertz CT molecular complexity index is 57.1. The normalized spacial score (nSPS) is 38.6. The van der Waals surface area contributed by atoms with E-state index in [1.54, 1.807) is 0 Å². The predicted octanol–water partition coefficient (Wildman–Crippen LogP) is 0.551. The van der Waals surface area contributed by atoms with Crippen LogP contribution in [0.1, 0.15) is 6.42 Å². The van der Waals surface area contributed by atoms with Gasteiger partial charge in [0.2, 0.25) is 0 Å². The smallest absolute Gasteiger partial charge is 0.0925 e. The zero-order valence-electron chi connectivity index (χ0n) is 4.23. The molecule has 2 unspecified atom stereocenters. The van der Waals surface area contributed by atoms with Crippen LogP contribution in [-0.4, -0.2) is 13.2 Å². The first kappa shape index (κ1) is 5.04. The van der Waals surface area contributed by atoms with Gasteiger partial charge in [-0.1, -0.05) is 0 Å². The van der Waals surface area contributed by atoms with Gasteiger partial charge in [-0.3, -0.25) is 4.39 Å². The molecule has 1 nitrogen and oxygen atoms in total. The van der Waals surface area contributed by atoms with Crippen molar-refractivity contribution in [3.05, 3.63) is 0 Å². The highest BCUT2D eigenvalue weighted by Crippen LogP contribution is 2.37. The van der Waals surface area contributed by atoms with Crippen LogP contribution >= 0.6 is 0 Å². The van der Waals surface area contributed by atoms with Gasteiger partial charge in [0.15, 0.2) is 0 Å². The van der Waals surface area contributed by atoms with Crippen molar-refractivity contribution < 1.29 is 4.39 Å². The number of alkyl halides is 1. The molecule has 0 spiro atoms. The fraction of sp³-hybridized carbons (Fsp3) is 1.00. The molecule has 0 saturated heterocycles. The van der Waals surface area contributed by atoms with Crippen LogP contribution < -0.4 is 5.73 Å². The highest BCUT2D eigenvalue weighted by atomic mass is 19.1. The first-order valence-electron chi connectivity index (χ1n) is 2.64. The predicted molar refractivity (Wildman–Crippen MR) is 26.6 cm³/mol. The SMILES string of the molecule is NCC1CC1CF. The summed E-state index contributed by atoms with van der Waals surface area (Å²) in [6.45, 7) is 0.510. The van der Waals surface area contributed by atoms with Gasteiger partial charge in [0.25, 0.3) is 0 Å². The maximum Gasteiger partial charge on any atom is 0.0925 e. The van der Waals surface area contributed by atoms with Gasteiger partial charge in [-0.2, -0.15) is 0 Å². The molecule has 7 heavy (non-hydrogen) atoms. The lowest BCUT2D eigenvalue weighted by Gasteiger charge is -1.83. The van der Waals surface area contributed by atoms with E-state index >= 15 is 0 Å². The molecule has 0 aliphatic heterocycles. The lowest BCUT2D eigenvalue weighted by molar-refractivity contribution is 0.441. The minimum absolute atomic E-state index is 0.165. The molecule has 1 aliphatic carbocycles. The van der Waals surface area contributed by atoms with Gasteiger partial charge in [0.1, 0.15) is 0 Å². The second-order valence-electron chi connectivity index (χ2n) is 2.15. The number of hydrogen-bond acceptors (Lipinski definition) is 1. The molecule has 2 atom stereocenters. The lowest BCUT2D eigenvalue weighted by Crippen LogP contribution is -2.02. The van der Waals surface area contributed by atoms with Gasteiger partial charge in [-0.05, 0) is 24.8 Å². The molecule has 1 aliphatic rings. The first-order valence-corrected chi connectivity index (χ1v) is 2.64. The third-order valence-electron chi connectivity index (χ3n) is 1.57. The molecular formula is C5H10FN. The summed E-state index contributed by atoms with van der Waals surface area (Å²) in [5.74, 6) is 0.843. The van der Waals surface area contributed by atoms with Gasteiger partial charge in [0, 0.05) is 0 Å². The molecule has 2 N–H and O–H groups in total. The third kappa shape index (κ3) is 0.911. The Hall–Kier alpha value is -0.110. The van der Waals surface area contributed by atoms with Crippen LogP contribution in [0.25, 0.3) is 0 Å². The average molecular weight is 103 g/mol. The molecule has 1 rings (SSSR count). The Balaban J connectivity index is 2.06. The maximum absolute atomic E-state index is 11.6. The molecule has 0 aromatic rings. The molecule has 0 bridgehead atoms. The molecule has 1 saturated carbocycles. The average Bonchev–Trinajstić information content (AvgIpc) is 2.43. The van der Waals surface area contributed by atoms with Crippen molar-refractivity contribution in [3.8, 4) is 0 Å². The summed E-state index contributed by atoms with van der Waals surface area (Å²) in [4.78, 5) is 0. The monoisotopic (exact) mass is 103 g/mol. The van der Waals surface area contributed by atoms with Crippen molar-refractivity contribution in [1.29, 1.82) is 0 Å². The summed E-state index contributed by atoms with van der Waals surface area (Å²) in [7, 11) is 0. The minimum atomic E-state index is -0.165. The van der Waals surface area contributed by atoms with Gasteiger partial charge >= 0.3 is 0 Å². The van der Waals surface area contributed by atoms with E-state index in [1.807, 2.05) is 0 Å². The Labute approximate surface area is 42.7 Å². The summed E-state index contributed by atoms with van der Waals surface area (Å²) < 4.78 is 11.6. The van der Waals surface area contributed by atoms with Gasteiger partial charge < -0.3 is 5.73 Å². The Kier molecular flexibility index (Phi) is 1.28. The van der Waals surface area contributed by atoms with Crippen molar-refractivity contribution in [2.45, 2.75) is 6.42 Å². The van der Waals surface area contributed by atoms with E-state index in [0.717, 1.165) is 6.42 Å². The zero-order valence-corrected chi connectivity index (χ0v) is 4.23. The lowest BCUT2D eigenvalue weighted by atomic mass is 10.3. The van der Waals surface area contributed by atoms with Gasteiger partial charge in [0.05, 0.1) is 6.67 Å². The molecule has 0 aromatic heterocycles. The molecule has 0 amide bonds. The van der Waals surface area contributed by atoms with E-state index in [0.29, 0.717) is 18.4 Å². The topological polar surface area (TPSA) is 26.0 Å². The van der Waals surface area contributed by atoms with Crippen molar-refractivity contribution in [2.24, 2.45) is 17.6 Å². The van der Waals surface area contributed by atoms with E-state index in [1.165, 1.54) is 0 Å². The molecule has 42 valence electrons. The van der Waals surface area contributed by atoms with Crippen molar-refractivity contribution in [1.82, 2.24) is 0 Å². The fourth-order valence-corrected chi connectivity index (χ4v) is 0.788. The van der Waals surface area contributed by atoms with Gasteiger partial charge in [-0.25, -0.2) is 0 Å². The van der Waals surface area contributed by atoms with Crippen molar-refractivity contribution in [2.75, 3.05) is 13.2 Å². The number of hydrogen-bond donors (Lipinski definition) is 1. The second kappa shape index (κ2) is 1.78. The summed E-state index contributed by atoms with van der Waals surface area (Å²) >= 11 is 0. The van der Waals surface area contributed by atoms with E-state index in [9.17, 15) is 4.39 Å². The standard InChI is InChI=1S/C5H10FN/c6-2-4-1-5(4)3-7/h4-5H,1-3,7H2. The first-order chi connectivity index (χ1) is 3.38. The van der Waals surface area contributed by atoms with E-state index in [2.05, 4.69) is 0 Å². The van der Waals surface area contributed by atoms with Crippen LogP contribution in [-0.2, 0) is 0 Å². The van der Waals surface area contributed by atoms with Crippen LogP contribution in [0.4, 0.5) is 4.39 Å². The van der Waals surface area contributed by atoms with Crippen LogP contribution in [0, 0.1) is 11.8 Å². The van der Waals surface area contributed by atoms with Gasteiger partial charge in [-0.15, -0.1) is 0 Å². The summed E-state index contributed by atoms with van der Waals surface area (Å²) in [6, 6.07) is 0. The van der Waals surface area contributed by atoms with E-state index in [-0.39, 0.29) is 6.67 Å². The Morgan fingerprint density at radius 1 is 1.57 bits per heavy atom. The van der Waals surface area contributed by atoms with Crippen molar-refractivity contribution >= 4 is 0 Å². The van der Waals surface area contributed by atoms with Crippen LogP contribution in [0.3, 0.4) is 0 Å². The molecule has 2 heteroatoms. The highest BCUT2D eigenvalue weighted by Gasteiger charge is 2.35. The fourth-order valence-electron chi connectivity index (χ4n) is 0.788. The van der Waals surface area contributed by atoms with E-state index < -0.39 is 0 Å². The number of rotatable bonds is 2. The maximum atomic E-state index is 11.6. The third-order valence-corrected chi connectivity index (χ3v) is 1.57. The van der Waals surface area contributed by atoms with Crippen molar-refractivity contribution in [3.63, 3.8) is 0 Å². The number of nitrogens with two attached hydrogens (primary N) is 1. The van der Waals surface area contributed by atoms with Crippen LogP contribution in [0.2, 0.25) is 0 Å². The molecule has 0 radical (unpaired) electrons. The van der Waals surface area contributed by atoms with Crippen LogP contribution in [0.5, 0.6) is 0 Å². The molecular weight excluding hydrogens is 93.1 g/mol. The highest BCUT2D eigenvalue weighted by molar-refractivity contribution is 4.85. The Morgan fingerprint density at radius 3 is 2.43 bits per heavy atom. The van der Waals surface area contributed by atoms with E-state index in [4.69, 9.17) is 5.73 Å². The zero-order chi connectivity index (χ0) is 5.28. The minimum Gasteiger partial charge on any atom is -0.330 e. The quantitative estimate of drug-likeness (QED) is 0.542. The molecule has 0 aromatic carbocycles. The Morgan fingerprint density at radius 2 is 2.29 bits per heavy atom. The largest absolute Gasteiger partial charge is 0.330 e.